The van der Waals surface area contributed by atoms with Crippen molar-refractivity contribution in [2.45, 2.75) is 52.7 Å². The number of benzene rings is 1. The molecule has 3 rings (SSSR count). The van der Waals surface area contributed by atoms with Gasteiger partial charge in [0.25, 0.3) is 0 Å². The molecule has 1 aromatic carbocycles. The van der Waals surface area contributed by atoms with E-state index in [1.165, 1.54) is 5.56 Å². The van der Waals surface area contributed by atoms with Crippen LogP contribution in [0.5, 0.6) is 0 Å². The number of nitrogens with one attached hydrogen (secondary N) is 1. The second kappa shape index (κ2) is 7.00. The van der Waals surface area contributed by atoms with E-state index in [0.717, 1.165) is 17.1 Å². The maximum Gasteiger partial charge on any atom is 0.214 e. The maximum absolute atomic E-state index is 12.2. The summed E-state index contributed by atoms with van der Waals surface area (Å²) in [6.45, 7) is 9.52. The van der Waals surface area contributed by atoms with Crippen molar-refractivity contribution in [1.29, 1.82) is 0 Å². The van der Waals surface area contributed by atoms with E-state index in [-0.39, 0.29) is 11.3 Å². The molecule has 0 fully saturated rings. The van der Waals surface area contributed by atoms with E-state index in [2.05, 4.69) is 36.2 Å². The first-order valence-corrected chi connectivity index (χ1v) is 10.5. The number of rotatable bonds is 5. The standard InChI is InChI=1S/C18H27N5O2S/c1-5-26(24,25)22-10-9-15-14(12-22)7-6-8-16(15)19-11-17-20-13-21-23(17)18(2,3)4/h6-8,13,19H,5,9-12H2,1-4H3. The zero-order valence-corrected chi connectivity index (χ0v) is 16.7. The number of sulfonamides is 1. The molecule has 0 radical (unpaired) electrons. The van der Waals surface area contributed by atoms with E-state index >= 15 is 0 Å². The fourth-order valence-corrected chi connectivity index (χ4v) is 4.36. The molecule has 1 aliphatic heterocycles. The molecule has 0 saturated heterocycles. The lowest BCUT2D eigenvalue weighted by Crippen LogP contribution is -2.37. The quantitative estimate of drug-likeness (QED) is 0.865. The molecule has 1 aromatic heterocycles. The SMILES string of the molecule is CCS(=O)(=O)N1CCc2c(cccc2NCc2ncnn2C(C)(C)C)C1. The number of nitrogens with zero attached hydrogens (tertiary/aromatic N) is 4. The normalized spacial score (nSPS) is 15.7. The van der Waals surface area contributed by atoms with Gasteiger partial charge in [-0.2, -0.15) is 9.40 Å². The molecule has 1 N–H and O–H groups in total. The zero-order chi connectivity index (χ0) is 18.9. The van der Waals surface area contributed by atoms with E-state index in [1.54, 1.807) is 17.6 Å². The number of aromatic nitrogens is 3. The van der Waals surface area contributed by atoms with Crippen molar-refractivity contribution in [2.75, 3.05) is 17.6 Å². The molecule has 0 unspecified atom stereocenters. The van der Waals surface area contributed by atoms with Gasteiger partial charge in [0.1, 0.15) is 12.2 Å². The van der Waals surface area contributed by atoms with Crippen LogP contribution >= 0.6 is 0 Å². The number of fused-ring (bicyclic) bond motifs is 1. The summed E-state index contributed by atoms with van der Waals surface area (Å²) in [5.41, 5.74) is 3.17. The molecular formula is C18H27N5O2S. The monoisotopic (exact) mass is 377 g/mol. The topological polar surface area (TPSA) is 80.1 Å². The minimum atomic E-state index is -3.16. The number of hydrogen-bond donors (Lipinski definition) is 1. The molecule has 0 spiro atoms. The Morgan fingerprint density at radius 2 is 2.04 bits per heavy atom. The predicted octanol–water partition coefficient (Wildman–Crippen LogP) is 2.35. The molecule has 2 heterocycles. The highest BCUT2D eigenvalue weighted by molar-refractivity contribution is 7.89. The second-order valence-corrected chi connectivity index (χ2v) is 9.80. The lowest BCUT2D eigenvalue weighted by molar-refractivity contribution is 0.343. The largest absolute Gasteiger partial charge is 0.378 e. The Morgan fingerprint density at radius 3 is 2.73 bits per heavy atom. The summed E-state index contributed by atoms with van der Waals surface area (Å²) in [6.07, 6.45) is 2.29. The Balaban J connectivity index is 1.78. The maximum atomic E-state index is 12.2. The van der Waals surface area contributed by atoms with Crippen molar-refractivity contribution in [3.8, 4) is 0 Å². The first-order valence-electron chi connectivity index (χ1n) is 8.94. The molecule has 0 amide bonds. The van der Waals surface area contributed by atoms with E-state index < -0.39 is 10.0 Å². The van der Waals surface area contributed by atoms with Gasteiger partial charge in [0.15, 0.2) is 0 Å². The third-order valence-corrected chi connectivity index (χ3v) is 6.51. The van der Waals surface area contributed by atoms with E-state index in [4.69, 9.17) is 0 Å². The molecule has 26 heavy (non-hydrogen) atoms. The van der Waals surface area contributed by atoms with Gasteiger partial charge in [-0.15, -0.1) is 0 Å². The highest BCUT2D eigenvalue weighted by Gasteiger charge is 2.26. The molecule has 0 aliphatic carbocycles. The molecule has 0 saturated carbocycles. The first kappa shape index (κ1) is 18.8. The number of anilines is 1. The van der Waals surface area contributed by atoms with Crippen molar-refractivity contribution in [1.82, 2.24) is 19.1 Å². The summed E-state index contributed by atoms with van der Waals surface area (Å²) in [4.78, 5) is 4.37. The average molecular weight is 378 g/mol. The van der Waals surface area contributed by atoms with Crippen LogP contribution in [0.25, 0.3) is 0 Å². The van der Waals surface area contributed by atoms with Crippen LogP contribution < -0.4 is 5.32 Å². The lowest BCUT2D eigenvalue weighted by atomic mass is 9.99. The van der Waals surface area contributed by atoms with Gasteiger partial charge in [-0.1, -0.05) is 12.1 Å². The third kappa shape index (κ3) is 3.76. The summed E-state index contributed by atoms with van der Waals surface area (Å²) in [5.74, 6) is 1.02. The Hall–Kier alpha value is -1.93. The van der Waals surface area contributed by atoms with E-state index in [1.807, 2.05) is 22.9 Å². The predicted molar refractivity (Wildman–Crippen MR) is 102 cm³/mol. The Kier molecular flexibility index (Phi) is 5.07. The fourth-order valence-electron chi connectivity index (χ4n) is 3.29. The van der Waals surface area contributed by atoms with Gasteiger partial charge in [0, 0.05) is 18.8 Å². The van der Waals surface area contributed by atoms with E-state index in [9.17, 15) is 8.42 Å². The minimum Gasteiger partial charge on any atom is -0.378 e. The van der Waals surface area contributed by atoms with Gasteiger partial charge in [-0.25, -0.2) is 18.1 Å². The minimum absolute atomic E-state index is 0.126. The Morgan fingerprint density at radius 1 is 1.27 bits per heavy atom. The van der Waals surface area contributed by atoms with Gasteiger partial charge in [0.2, 0.25) is 10.0 Å². The van der Waals surface area contributed by atoms with Crippen LogP contribution in [0.2, 0.25) is 0 Å². The van der Waals surface area contributed by atoms with Crippen LogP contribution in [-0.2, 0) is 35.1 Å². The molecular weight excluding hydrogens is 350 g/mol. The zero-order valence-electron chi connectivity index (χ0n) is 15.9. The third-order valence-electron chi connectivity index (χ3n) is 4.68. The van der Waals surface area contributed by atoms with Crippen molar-refractivity contribution in [2.24, 2.45) is 0 Å². The smallest absolute Gasteiger partial charge is 0.214 e. The van der Waals surface area contributed by atoms with Crippen LogP contribution in [0.4, 0.5) is 5.69 Å². The average Bonchev–Trinajstić information content (AvgIpc) is 3.08. The summed E-state index contributed by atoms with van der Waals surface area (Å²) >= 11 is 0. The number of hydrogen-bond acceptors (Lipinski definition) is 5. The summed E-state index contributed by atoms with van der Waals surface area (Å²) in [6, 6.07) is 6.02. The Bertz CT molecular complexity index is 883. The van der Waals surface area contributed by atoms with Crippen LogP contribution in [0.15, 0.2) is 24.5 Å². The fraction of sp³-hybridized carbons (Fsp3) is 0.556. The molecule has 0 atom stereocenters. The molecule has 0 bridgehead atoms. The highest BCUT2D eigenvalue weighted by atomic mass is 32.2. The van der Waals surface area contributed by atoms with Gasteiger partial charge in [0.05, 0.1) is 17.8 Å². The van der Waals surface area contributed by atoms with Crippen molar-refractivity contribution >= 4 is 15.7 Å². The highest BCUT2D eigenvalue weighted by Crippen LogP contribution is 2.28. The Labute approximate surface area is 155 Å². The summed E-state index contributed by atoms with van der Waals surface area (Å²) in [7, 11) is -3.16. The van der Waals surface area contributed by atoms with Crippen LogP contribution in [-0.4, -0.2) is 39.8 Å². The van der Waals surface area contributed by atoms with Gasteiger partial charge in [-0.05, 0) is 51.3 Å². The summed E-state index contributed by atoms with van der Waals surface area (Å²) < 4.78 is 27.8. The van der Waals surface area contributed by atoms with Crippen molar-refractivity contribution in [3.63, 3.8) is 0 Å². The second-order valence-electron chi connectivity index (χ2n) is 7.54. The van der Waals surface area contributed by atoms with Crippen LogP contribution in [0, 0.1) is 0 Å². The molecule has 2 aromatic rings. The van der Waals surface area contributed by atoms with Gasteiger partial charge in [-0.3, -0.25) is 0 Å². The lowest BCUT2D eigenvalue weighted by Gasteiger charge is -2.29. The van der Waals surface area contributed by atoms with Gasteiger partial charge >= 0.3 is 0 Å². The van der Waals surface area contributed by atoms with Crippen LogP contribution in [0.3, 0.4) is 0 Å². The van der Waals surface area contributed by atoms with Gasteiger partial charge < -0.3 is 5.32 Å². The molecule has 142 valence electrons. The van der Waals surface area contributed by atoms with Crippen molar-refractivity contribution < 1.29 is 8.42 Å². The van der Waals surface area contributed by atoms with Crippen molar-refractivity contribution in [3.05, 3.63) is 41.5 Å². The van der Waals surface area contributed by atoms with E-state index in [0.29, 0.717) is 26.1 Å². The summed E-state index contributed by atoms with van der Waals surface area (Å²) in [5, 5.41) is 7.79. The molecule has 8 heteroatoms. The van der Waals surface area contributed by atoms with Crippen LogP contribution in [0.1, 0.15) is 44.6 Å². The molecule has 1 aliphatic rings. The first-order chi connectivity index (χ1) is 12.2. The molecule has 7 nitrogen and oxygen atoms in total.